The second kappa shape index (κ2) is 3.01. The molecule has 2 aliphatic rings. The van der Waals surface area contributed by atoms with Crippen LogP contribution in [0.5, 0.6) is 5.75 Å². The number of hydrogen-bond donors (Lipinski definition) is 1. The quantitative estimate of drug-likeness (QED) is 0.844. The van der Waals surface area contributed by atoms with Crippen molar-refractivity contribution in [3.8, 4) is 5.75 Å². The zero-order valence-corrected chi connectivity index (χ0v) is 10.0. The molecule has 2 N–H and O–H groups in total. The van der Waals surface area contributed by atoms with Crippen LogP contribution in [0, 0.1) is 6.92 Å². The van der Waals surface area contributed by atoms with E-state index in [4.69, 9.17) is 10.5 Å². The third-order valence-corrected chi connectivity index (χ3v) is 4.36. The maximum atomic E-state index is 6.42. The van der Waals surface area contributed by atoms with Crippen molar-refractivity contribution in [2.75, 3.05) is 7.11 Å². The highest BCUT2D eigenvalue weighted by Gasteiger charge is 2.64. The van der Waals surface area contributed by atoms with Crippen LogP contribution >= 0.6 is 0 Å². The normalized spacial score (nSPS) is 23.9. The molecule has 2 fully saturated rings. The van der Waals surface area contributed by atoms with Crippen LogP contribution in [0.15, 0.2) is 18.2 Å². The smallest absolute Gasteiger partial charge is 0.122 e. The van der Waals surface area contributed by atoms with E-state index in [0.717, 1.165) is 5.75 Å². The highest BCUT2D eigenvalue weighted by Crippen LogP contribution is 2.65. The van der Waals surface area contributed by atoms with Gasteiger partial charge in [0.05, 0.1) is 7.11 Å². The topological polar surface area (TPSA) is 35.2 Å². The molecule has 0 saturated heterocycles. The van der Waals surface area contributed by atoms with Crippen molar-refractivity contribution in [1.82, 2.24) is 0 Å². The number of hydrogen-bond acceptors (Lipinski definition) is 2. The molecular weight excluding hydrogens is 198 g/mol. The minimum atomic E-state index is 0.0650. The average Bonchev–Trinajstić information content (AvgIpc) is 3.14. The number of benzene rings is 1. The maximum absolute atomic E-state index is 6.42. The van der Waals surface area contributed by atoms with Crippen molar-refractivity contribution < 1.29 is 4.74 Å². The van der Waals surface area contributed by atoms with Gasteiger partial charge in [0.1, 0.15) is 5.75 Å². The summed E-state index contributed by atoms with van der Waals surface area (Å²) in [6.07, 6.45) is 4.79. The molecule has 0 aromatic heterocycles. The number of aryl methyl sites for hydroxylation is 1. The lowest BCUT2D eigenvalue weighted by atomic mass is 9.85. The van der Waals surface area contributed by atoms with Crippen LogP contribution in [0.2, 0.25) is 0 Å². The van der Waals surface area contributed by atoms with Gasteiger partial charge >= 0.3 is 0 Å². The van der Waals surface area contributed by atoms with E-state index in [9.17, 15) is 0 Å². The summed E-state index contributed by atoms with van der Waals surface area (Å²) in [6, 6.07) is 6.51. The summed E-state index contributed by atoms with van der Waals surface area (Å²) in [6.45, 7) is 2.10. The van der Waals surface area contributed by atoms with Gasteiger partial charge in [-0.2, -0.15) is 0 Å². The Morgan fingerprint density at radius 1 is 1.19 bits per heavy atom. The van der Waals surface area contributed by atoms with E-state index in [0.29, 0.717) is 0 Å². The fourth-order valence-electron chi connectivity index (χ4n) is 2.97. The molecule has 0 radical (unpaired) electrons. The fraction of sp³-hybridized carbons (Fsp3) is 0.571. The first-order valence-electron chi connectivity index (χ1n) is 6.05. The third-order valence-electron chi connectivity index (χ3n) is 4.36. The minimum Gasteiger partial charge on any atom is -0.496 e. The van der Waals surface area contributed by atoms with Crippen molar-refractivity contribution in [3.05, 3.63) is 29.3 Å². The Hall–Kier alpha value is -1.02. The molecule has 2 aliphatic carbocycles. The third kappa shape index (κ3) is 1.23. The Labute approximate surface area is 96.8 Å². The van der Waals surface area contributed by atoms with E-state index < -0.39 is 0 Å². The number of ether oxygens (including phenoxy) is 1. The van der Waals surface area contributed by atoms with E-state index in [2.05, 4.69) is 25.1 Å². The molecular formula is C14H19NO. The Balaban J connectivity index is 2.06. The van der Waals surface area contributed by atoms with Gasteiger partial charge in [-0.15, -0.1) is 0 Å². The highest BCUT2D eigenvalue weighted by molar-refractivity contribution is 5.50. The van der Waals surface area contributed by atoms with E-state index in [1.165, 1.54) is 36.8 Å². The van der Waals surface area contributed by atoms with Crippen LogP contribution < -0.4 is 10.5 Å². The second-order valence-electron chi connectivity index (χ2n) is 5.44. The average molecular weight is 217 g/mol. The predicted octanol–water partition coefficient (Wildman–Crippen LogP) is 2.53. The molecule has 2 nitrogen and oxygen atoms in total. The van der Waals surface area contributed by atoms with Gasteiger partial charge in [0.2, 0.25) is 0 Å². The van der Waals surface area contributed by atoms with Gasteiger partial charge in [0, 0.05) is 16.5 Å². The SMILES string of the molecule is COc1cc(C)ccc1C1(C2(N)CC2)CC1. The largest absolute Gasteiger partial charge is 0.496 e. The molecule has 0 aliphatic heterocycles. The molecule has 0 bridgehead atoms. The summed E-state index contributed by atoms with van der Waals surface area (Å²) < 4.78 is 5.52. The molecule has 0 unspecified atom stereocenters. The summed E-state index contributed by atoms with van der Waals surface area (Å²) >= 11 is 0. The molecule has 86 valence electrons. The molecule has 0 atom stereocenters. The van der Waals surface area contributed by atoms with Crippen molar-refractivity contribution in [2.24, 2.45) is 5.73 Å². The van der Waals surface area contributed by atoms with Gasteiger partial charge in [-0.3, -0.25) is 0 Å². The van der Waals surface area contributed by atoms with E-state index in [1.54, 1.807) is 7.11 Å². The number of nitrogens with two attached hydrogens (primary N) is 1. The van der Waals surface area contributed by atoms with Crippen molar-refractivity contribution >= 4 is 0 Å². The number of rotatable bonds is 3. The molecule has 1 aromatic rings. The summed E-state index contributed by atoms with van der Waals surface area (Å²) in [5.41, 5.74) is 9.30. The Kier molecular flexibility index (Phi) is 1.91. The van der Waals surface area contributed by atoms with E-state index in [-0.39, 0.29) is 11.0 Å². The van der Waals surface area contributed by atoms with Crippen LogP contribution in [0.4, 0.5) is 0 Å². The monoisotopic (exact) mass is 217 g/mol. The van der Waals surface area contributed by atoms with Crippen molar-refractivity contribution in [3.63, 3.8) is 0 Å². The second-order valence-corrected chi connectivity index (χ2v) is 5.44. The lowest BCUT2D eigenvalue weighted by Gasteiger charge is -2.25. The van der Waals surface area contributed by atoms with Gasteiger partial charge in [0.15, 0.2) is 0 Å². The molecule has 0 heterocycles. The lowest BCUT2D eigenvalue weighted by molar-refractivity contribution is 0.392. The zero-order chi connectivity index (χ0) is 11.4. The summed E-state index contributed by atoms with van der Waals surface area (Å²) in [7, 11) is 1.75. The molecule has 2 heteroatoms. The van der Waals surface area contributed by atoms with Crippen LogP contribution in [0.3, 0.4) is 0 Å². The van der Waals surface area contributed by atoms with Crippen LogP contribution in [0.1, 0.15) is 36.8 Å². The predicted molar refractivity (Wildman–Crippen MR) is 64.8 cm³/mol. The maximum Gasteiger partial charge on any atom is 0.122 e. The van der Waals surface area contributed by atoms with Gasteiger partial charge in [-0.25, -0.2) is 0 Å². The van der Waals surface area contributed by atoms with Gasteiger partial charge in [-0.05, 0) is 44.2 Å². The molecule has 1 aromatic carbocycles. The molecule has 0 spiro atoms. The zero-order valence-electron chi connectivity index (χ0n) is 10.0. The summed E-state index contributed by atoms with van der Waals surface area (Å²) in [4.78, 5) is 0. The van der Waals surface area contributed by atoms with Crippen molar-refractivity contribution in [2.45, 2.75) is 43.6 Å². The van der Waals surface area contributed by atoms with Crippen LogP contribution in [-0.2, 0) is 5.41 Å². The summed E-state index contributed by atoms with van der Waals surface area (Å²) in [5, 5.41) is 0. The van der Waals surface area contributed by atoms with Crippen LogP contribution in [0.25, 0.3) is 0 Å². The molecule has 16 heavy (non-hydrogen) atoms. The van der Waals surface area contributed by atoms with Gasteiger partial charge in [0.25, 0.3) is 0 Å². The Bertz CT molecular complexity index is 430. The van der Waals surface area contributed by atoms with Gasteiger partial charge < -0.3 is 10.5 Å². The molecule has 2 saturated carbocycles. The fourth-order valence-corrected chi connectivity index (χ4v) is 2.97. The van der Waals surface area contributed by atoms with E-state index >= 15 is 0 Å². The Morgan fingerprint density at radius 3 is 2.38 bits per heavy atom. The number of methoxy groups -OCH3 is 1. The van der Waals surface area contributed by atoms with E-state index in [1.807, 2.05) is 0 Å². The first kappa shape index (κ1) is 10.2. The molecule has 0 amide bonds. The standard InChI is InChI=1S/C14H19NO/c1-10-3-4-11(12(9-10)16-2)13(5-6-13)14(15)7-8-14/h3-4,9H,5-8,15H2,1-2H3. The van der Waals surface area contributed by atoms with Crippen molar-refractivity contribution in [1.29, 1.82) is 0 Å². The first-order chi connectivity index (χ1) is 7.61. The first-order valence-corrected chi connectivity index (χ1v) is 6.05. The lowest BCUT2D eigenvalue weighted by Crippen LogP contribution is -2.37. The molecule has 3 rings (SSSR count). The van der Waals surface area contributed by atoms with Gasteiger partial charge in [-0.1, -0.05) is 12.1 Å². The summed E-state index contributed by atoms with van der Waals surface area (Å²) in [5.74, 6) is 1.02. The van der Waals surface area contributed by atoms with Crippen LogP contribution in [-0.4, -0.2) is 12.6 Å². The highest BCUT2D eigenvalue weighted by atomic mass is 16.5. The Morgan fingerprint density at radius 2 is 1.88 bits per heavy atom. The minimum absolute atomic E-state index is 0.0650.